The van der Waals surface area contributed by atoms with E-state index in [4.69, 9.17) is 14.2 Å². The summed E-state index contributed by atoms with van der Waals surface area (Å²) >= 11 is 0. The molecule has 1 saturated heterocycles. The summed E-state index contributed by atoms with van der Waals surface area (Å²) in [6.07, 6.45) is 0.504. The minimum absolute atomic E-state index is 0.00272. The maximum atomic E-state index is 12.5. The molecule has 0 saturated carbocycles. The van der Waals surface area contributed by atoms with Crippen molar-refractivity contribution >= 4 is 11.8 Å². The summed E-state index contributed by atoms with van der Waals surface area (Å²) in [4.78, 5) is 25.6. The fourth-order valence-electron chi connectivity index (χ4n) is 2.66. The molecule has 1 fully saturated rings. The second-order valence-electron chi connectivity index (χ2n) is 6.07. The predicted molar refractivity (Wildman–Crippen MR) is 88.4 cm³/mol. The second kappa shape index (κ2) is 6.98. The average Bonchev–Trinajstić information content (AvgIpc) is 2.56. The molecule has 1 aliphatic rings. The first-order chi connectivity index (χ1) is 11.3. The zero-order valence-corrected chi connectivity index (χ0v) is 14.8. The Kier molecular flexibility index (Phi) is 5.21. The lowest BCUT2D eigenvalue weighted by Gasteiger charge is -2.43. The molecular weight excluding hydrogens is 312 g/mol. The predicted octanol–water partition coefficient (Wildman–Crippen LogP) is 1.34. The highest BCUT2D eigenvalue weighted by molar-refractivity contribution is 5.93. The first-order valence-electron chi connectivity index (χ1n) is 7.72. The van der Waals surface area contributed by atoms with Crippen LogP contribution in [0.5, 0.6) is 17.2 Å². The van der Waals surface area contributed by atoms with Gasteiger partial charge in [0.2, 0.25) is 17.6 Å². The number of nitrogens with zero attached hydrogens (tertiary/aromatic N) is 1. The van der Waals surface area contributed by atoms with E-state index in [-0.39, 0.29) is 11.8 Å². The fraction of sp³-hybridized carbons (Fsp3) is 0.529. The zero-order valence-electron chi connectivity index (χ0n) is 14.8. The van der Waals surface area contributed by atoms with E-state index in [0.717, 1.165) is 5.56 Å². The van der Waals surface area contributed by atoms with Crippen molar-refractivity contribution < 1.29 is 23.8 Å². The van der Waals surface area contributed by atoms with Gasteiger partial charge in [0.15, 0.2) is 11.5 Å². The van der Waals surface area contributed by atoms with Gasteiger partial charge in [0.25, 0.3) is 0 Å². The van der Waals surface area contributed by atoms with Crippen LogP contribution in [0.25, 0.3) is 0 Å². The van der Waals surface area contributed by atoms with Crippen LogP contribution in [-0.4, -0.2) is 50.1 Å². The van der Waals surface area contributed by atoms with Crippen LogP contribution in [0.2, 0.25) is 0 Å². The summed E-state index contributed by atoms with van der Waals surface area (Å²) in [5.41, 5.74) is -0.0562. The molecule has 0 aliphatic carbocycles. The highest BCUT2D eigenvalue weighted by Gasteiger charge is 2.42. The number of hydrogen-bond donors (Lipinski definition) is 1. The molecule has 1 aromatic rings. The summed E-state index contributed by atoms with van der Waals surface area (Å²) in [5.74, 6) is 1.35. The van der Waals surface area contributed by atoms with E-state index in [2.05, 4.69) is 5.32 Å². The molecular formula is C17H24N2O5. The molecule has 0 atom stereocenters. The fourth-order valence-corrected chi connectivity index (χ4v) is 2.66. The van der Waals surface area contributed by atoms with Gasteiger partial charge in [0.1, 0.15) is 5.54 Å². The first kappa shape index (κ1) is 17.9. The van der Waals surface area contributed by atoms with Crippen LogP contribution in [0.1, 0.15) is 25.8 Å². The van der Waals surface area contributed by atoms with Crippen molar-refractivity contribution in [1.82, 2.24) is 10.2 Å². The maximum absolute atomic E-state index is 12.5. The van der Waals surface area contributed by atoms with Gasteiger partial charge >= 0.3 is 0 Å². The average molecular weight is 336 g/mol. The molecule has 1 heterocycles. The van der Waals surface area contributed by atoms with Gasteiger partial charge in [0.05, 0.1) is 21.3 Å². The molecule has 0 aromatic heterocycles. The number of methoxy groups -OCH3 is 3. The lowest BCUT2D eigenvalue weighted by Crippen LogP contribution is -2.62. The van der Waals surface area contributed by atoms with Crippen LogP contribution in [0.4, 0.5) is 0 Å². The molecule has 7 nitrogen and oxygen atoms in total. The van der Waals surface area contributed by atoms with E-state index in [1.54, 1.807) is 30.9 Å². The van der Waals surface area contributed by atoms with Crippen LogP contribution in [0.3, 0.4) is 0 Å². The molecule has 2 amide bonds. The highest BCUT2D eigenvalue weighted by Crippen LogP contribution is 2.38. The number of carbonyl (C=O) groups excluding carboxylic acids is 2. The number of carbonyl (C=O) groups is 2. The Balaban J connectivity index is 2.11. The van der Waals surface area contributed by atoms with E-state index in [9.17, 15) is 9.59 Å². The van der Waals surface area contributed by atoms with Crippen LogP contribution >= 0.6 is 0 Å². The van der Waals surface area contributed by atoms with Crippen molar-refractivity contribution in [1.29, 1.82) is 0 Å². The van der Waals surface area contributed by atoms with E-state index >= 15 is 0 Å². The van der Waals surface area contributed by atoms with Crippen molar-refractivity contribution in [3.05, 3.63) is 17.7 Å². The van der Waals surface area contributed by atoms with E-state index < -0.39 is 5.54 Å². The van der Waals surface area contributed by atoms with Crippen molar-refractivity contribution in [3.8, 4) is 17.2 Å². The lowest BCUT2D eigenvalue weighted by atomic mass is 9.96. The molecule has 7 heteroatoms. The van der Waals surface area contributed by atoms with Crippen LogP contribution < -0.4 is 19.5 Å². The molecule has 0 bridgehead atoms. The van der Waals surface area contributed by atoms with Crippen LogP contribution in [0.15, 0.2) is 12.1 Å². The SMILES string of the molecule is COc1cc(CNC(=O)C(C)(C)N2CCC2=O)cc(OC)c1OC. The smallest absolute Gasteiger partial charge is 0.245 e. The molecule has 1 aliphatic heterocycles. The van der Waals surface area contributed by atoms with Crippen molar-refractivity contribution in [2.24, 2.45) is 0 Å². The van der Waals surface area contributed by atoms with Gasteiger partial charge in [-0.1, -0.05) is 0 Å². The summed E-state index contributed by atoms with van der Waals surface area (Å²) in [6, 6.07) is 3.56. The maximum Gasteiger partial charge on any atom is 0.245 e. The van der Waals surface area contributed by atoms with Gasteiger partial charge < -0.3 is 24.4 Å². The van der Waals surface area contributed by atoms with Gasteiger partial charge in [-0.05, 0) is 31.5 Å². The molecule has 132 valence electrons. The Bertz CT molecular complexity index is 617. The topological polar surface area (TPSA) is 77.1 Å². The molecule has 24 heavy (non-hydrogen) atoms. The molecule has 1 aromatic carbocycles. The van der Waals surface area contributed by atoms with Gasteiger partial charge in [-0.25, -0.2) is 0 Å². The number of β-lactam (4-membered cyclic amide) rings is 1. The summed E-state index contributed by atoms with van der Waals surface area (Å²) in [6.45, 7) is 4.40. The van der Waals surface area contributed by atoms with Gasteiger partial charge in [-0.2, -0.15) is 0 Å². The number of ether oxygens (including phenoxy) is 3. The third-order valence-corrected chi connectivity index (χ3v) is 4.26. The second-order valence-corrected chi connectivity index (χ2v) is 6.07. The standard InChI is InChI=1S/C17H24N2O5/c1-17(2,19-7-6-14(19)20)16(21)18-10-11-8-12(22-3)15(24-5)13(9-11)23-4/h8-9H,6-7,10H2,1-5H3,(H,18,21). The van der Waals surface area contributed by atoms with Crippen molar-refractivity contribution in [2.75, 3.05) is 27.9 Å². The van der Waals surface area contributed by atoms with E-state index in [1.165, 1.54) is 21.3 Å². The number of rotatable bonds is 7. The monoisotopic (exact) mass is 336 g/mol. The number of nitrogens with one attached hydrogen (secondary N) is 1. The Morgan fingerprint density at radius 3 is 2.12 bits per heavy atom. The van der Waals surface area contributed by atoms with Crippen molar-refractivity contribution in [3.63, 3.8) is 0 Å². The number of hydrogen-bond acceptors (Lipinski definition) is 5. The van der Waals surface area contributed by atoms with Crippen LogP contribution in [-0.2, 0) is 16.1 Å². The minimum atomic E-state index is -0.865. The molecule has 0 spiro atoms. The zero-order chi connectivity index (χ0) is 17.9. The lowest BCUT2D eigenvalue weighted by molar-refractivity contribution is -0.154. The van der Waals surface area contributed by atoms with Crippen LogP contribution in [0, 0.1) is 0 Å². The Labute approximate surface area is 141 Å². The Morgan fingerprint density at radius 1 is 1.17 bits per heavy atom. The van der Waals surface area contributed by atoms with Gasteiger partial charge in [-0.3, -0.25) is 9.59 Å². The molecule has 0 unspecified atom stereocenters. The number of amides is 2. The third kappa shape index (κ3) is 3.25. The molecule has 1 N–H and O–H groups in total. The van der Waals surface area contributed by atoms with Gasteiger partial charge in [-0.15, -0.1) is 0 Å². The quantitative estimate of drug-likeness (QED) is 0.761. The Morgan fingerprint density at radius 2 is 1.75 bits per heavy atom. The highest BCUT2D eigenvalue weighted by atomic mass is 16.5. The minimum Gasteiger partial charge on any atom is -0.493 e. The third-order valence-electron chi connectivity index (χ3n) is 4.26. The first-order valence-corrected chi connectivity index (χ1v) is 7.72. The van der Waals surface area contributed by atoms with Gasteiger partial charge in [0, 0.05) is 19.5 Å². The van der Waals surface area contributed by atoms with Crippen molar-refractivity contribution in [2.45, 2.75) is 32.4 Å². The largest absolute Gasteiger partial charge is 0.493 e. The van der Waals surface area contributed by atoms with E-state index in [1.807, 2.05) is 0 Å². The Hall–Kier alpha value is -2.44. The molecule has 0 radical (unpaired) electrons. The summed E-state index contributed by atoms with van der Waals surface area (Å²) < 4.78 is 15.9. The normalized spacial score (nSPS) is 14.0. The molecule has 2 rings (SSSR count). The van der Waals surface area contributed by atoms with E-state index in [0.29, 0.717) is 36.8 Å². The number of likely N-dealkylation sites (tertiary alicyclic amines) is 1. The summed E-state index contributed by atoms with van der Waals surface area (Å²) in [5, 5.41) is 2.86. The number of benzene rings is 1. The summed E-state index contributed by atoms with van der Waals surface area (Å²) in [7, 11) is 4.62.